The summed E-state index contributed by atoms with van der Waals surface area (Å²) < 4.78 is 5.34. The first-order chi connectivity index (χ1) is 17.3. The third-order valence-electron chi connectivity index (χ3n) is 7.07. The van der Waals surface area contributed by atoms with Gasteiger partial charge in [-0.1, -0.05) is 17.9 Å². The molecule has 0 spiro atoms. The van der Waals surface area contributed by atoms with Gasteiger partial charge < -0.3 is 14.9 Å². The Hall–Kier alpha value is -3.40. The van der Waals surface area contributed by atoms with Crippen LogP contribution in [0.4, 0.5) is 0 Å². The van der Waals surface area contributed by atoms with Crippen LogP contribution in [-0.4, -0.2) is 52.8 Å². The Balaban J connectivity index is 1.38. The number of methoxy groups -OCH3 is 1. The van der Waals surface area contributed by atoms with E-state index in [-0.39, 0.29) is 5.92 Å². The first-order valence-corrected chi connectivity index (χ1v) is 12.5. The molecule has 4 rings (SSSR count). The highest BCUT2D eigenvalue weighted by Gasteiger charge is 2.34. The number of hydrogen-bond donors (Lipinski definition) is 2. The van der Waals surface area contributed by atoms with Crippen molar-refractivity contribution in [2.45, 2.75) is 39.2 Å². The summed E-state index contributed by atoms with van der Waals surface area (Å²) in [6.07, 6.45) is 2.93. The van der Waals surface area contributed by atoms with Gasteiger partial charge in [0.25, 0.3) is 0 Å². The molecule has 0 amide bonds. The minimum Gasteiger partial charge on any atom is -0.497 e. The molecule has 3 aromatic rings. The average molecular weight is 487 g/mol. The Labute approximate surface area is 212 Å². The Kier molecular flexibility index (Phi) is 8.25. The van der Waals surface area contributed by atoms with Gasteiger partial charge in [0, 0.05) is 23.7 Å². The quantitative estimate of drug-likeness (QED) is 0.469. The number of rotatable bonds is 7. The number of carbonyl (C=O) groups is 1. The molecule has 2 heterocycles. The summed E-state index contributed by atoms with van der Waals surface area (Å²) >= 11 is 0. The van der Waals surface area contributed by atoms with Crippen LogP contribution in [0.5, 0.6) is 5.75 Å². The van der Waals surface area contributed by atoms with E-state index in [9.17, 15) is 15.0 Å². The highest BCUT2D eigenvalue weighted by molar-refractivity contribution is 5.83. The predicted octanol–water partition coefficient (Wildman–Crippen LogP) is 4.75. The van der Waals surface area contributed by atoms with Crippen molar-refractivity contribution in [3.05, 3.63) is 70.9 Å². The number of ether oxygens (including phenoxy) is 1. The minimum absolute atomic E-state index is 0.0171. The van der Waals surface area contributed by atoms with Crippen LogP contribution in [0.1, 0.15) is 47.6 Å². The van der Waals surface area contributed by atoms with E-state index in [1.807, 2.05) is 24.3 Å². The molecule has 6 nitrogen and oxygen atoms in total. The molecule has 0 unspecified atom stereocenters. The Bertz CT molecular complexity index is 1270. The number of aliphatic carboxylic acids is 1. The highest BCUT2D eigenvalue weighted by Crippen LogP contribution is 2.33. The van der Waals surface area contributed by atoms with Crippen LogP contribution in [0.3, 0.4) is 0 Å². The number of carboxylic acids is 1. The third-order valence-corrected chi connectivity index (χ3v) is 7.07. The third kappa shape index (κ3) is 6.23. The van der Waals surface area contributed by atoms with Gasteiger partial charge in [-0.05, 0) is 98.7 Å². The Morgan fingerprint density at radius 3 is 2.69 bits per heavy atom. The molecular formula is C30H34N2O4. The van der Waals surface area contributed by atoms with Crippen LogP contribution in [0.15, 0.2) is 48.7 Å². The van der Waals surface area contributed by atoms with Crippen molar-refractivity contribution in [3.8, 4) is 17.6 Å². The van der Waals surface area contributed by atoms with Crippen LogP contribution < -0.4 is 4.74 Å². The van der Waals surface area contributed by atoms with E-state index >= 15 is 0 Å². The molecule has 36 heavy (non-hydrogen) atoms. The van der Waals surface area contributed by atoms with Gasteiger partial charge in [-0.2, -0.15) is 0 Å². The van der Waals surface area contributed by atoms with Gasteiger partial charge in [0.1, 0.15) is 5.75 Å². The van der Waals surface area contributed by atoms with Crippen molar-refractivity contribution in [1.82, 2.24) is 9.88 Å². The van der Waals surface area contributed by atoms with Gasteiger partial charge >= 0.3 is 5.97 Å². The number of aliphatic hydroxyl groups is 1. The maximum atomic E-state index is 12.1. The molecule has 2 aromatic carbocycles. The normalized spacial score (nSPS) is 18.9. The molecule has 0 radical (unpaired) electrons. The van der Waals surface area contributed by atoms with E-state index in [2.05, 4.69) is 53.8 Å². The fourth-order valence-electron chi connectivity index (χ4n) is 5.23. The molecule has 1 saturated heterocycles. The summed E-state index contributed by atoms with van der Waals surface area (Å²) in [7, 11) is 1.61. The van der Waals surface area contributed by atoms with E-state index in [4.69, 9.17) is 4.74 Å². The maximum absolute atomic E-state index is 12.1. The van der Waals surface area contributed by atoms with Crippen LogP contribution >= 0.6 is 0 Å². The zero-order chi connectivity index (χ0) is 25.7. The number of piperidine rings is 1. The van der Waals surface area contributed by atoms with Crippen molar-refractivity contribution in [2.24, 2.45) is 11.8 Å². The lowest BCUT2D eigenvalue weighted by Gasteiger charge is -2.36. The summed E-state index contributed by atoms with van der Waals surface area (Å²) in [5.74, 6) is 5.93. The summed E-state index contributed by atoms with van der Waals surface area (Å²) in [4.78, 5) is 18.6. The summed E-state index contributed by atoms with van der Waals surface area (Å²) in [6, 6.07) is 13.7. The van der Waals surface area contributed by atoms with Crippen LogP contribution in [0, 0.1) is 37.5 Å². The molecule has 6 heteroatoms. The van der Waals surface area contributed by atoms with E-state index < -0.39 is 18.0 Å². The van der Waals surface area contributed by atoms with E-state index in [1.54, 1.807) is 13.3 Å². The molecule has 2 N–H and O–H groups in total. The van der Waals surface area contributed by atoms with E-state index in [0.29, 0.717) is 31.7 Å². The first kappa shape index (κ1) is 25.7. The van der Waals surface area contributed by atoms with Gasteiger partial charge in [0.15, 0.2) is 0 Å². The molecule has 1 aliphatic heterocycles. The number of pyridine rings is 1. The average Bonchev–Trinajstić information content (AvgIpc) is 2.86. The number of likely N-dealkylation sites (tertiary alicyclic amines) is 1. The zero-order valence-corrected chi connectivity index (χ0v) is 21.2. The number of fused-ring (bicyclic) bond motifs is 1. The second kappa shape index (κ2) is 11.6. The second-order valence-electron chi connectivity index (χ2n) is 9.78. The number of nitrogens with zero attached hydrogens (tertiary/aromatic N) is 2. The van der Waals surface area contributed by atoms with Gasteiger partial charge in [-0.15, -0.1) is 0 Å². The smallest absolute Gasteiger partial charge is 0.308 e. The molecule has 1 aliphatic rings. The second-order valence-corrected chi connectivity index (χ2v) is 9.78. The maximum Gasteiger partial charge on any atom is 0.308 e. The topological polar surface area (TPSA) is 82.9 Å². The molecule has 188 valence electrons. The Morgan fingerprint density at radius 2 is 1.97 bits per heavy atom. The Morgan fingerprint density at radius 1 is 1.19 bits per heavy atom. The van der Waals surface area contributed by atoms with Crippen molar-refractivity contribution >= 4 is 16.9 Å². The number of aliphatic hydroxyl groups excluding tert-OH is 1. The van der Waals surface area contributed by atoms with Gasteiger partial charge in [0.05, 0.1) is 31.2 Å². The number of hydrogen-bond acceptors (Lipinski definition) is 5. The van der Waals surface area contributed by atoms with Crippen molar-refractivity contribution < 1.29 is 19.7 Å². The molecule has 0 saturated carbocycles. The largest absolute Gasteiger partial charge is 0.497 e. The molecule has 0 bridgehead atoms. The van der Waals surface area contributed by atoms with Crippen LogP contribution in [0.25, 0.3) is 10.9 Å². The number of benzene rings is 2. The summed E-state index contributed by atoms with van der Waals surface area (Å²) in [5, 5.41) is 21.8. The first-order valence-electron chi connectivity index (χ1n) is 12.5. The van der Waals surface area contributed by atoms with Crippen molar-refractivity contribution in [2.75, 3.05) is 26.7 Å². The fraction of sp³-hybridized carbons (Fsp3) is 0.400. The molecular weight excluding hydrogens is 452 g/mol. The lowest BCUT2D eigenvalue weighted by atomic mass is 9.81. The van der Waals surface area contributed by atoms with Crippen molar-refractivity contribution in [3.63, 3.8) is 0 Å². The van der Waals surface area contributed by atoms with Gasteiger partial charge in [-0.25, -0.2) is 0 Å². The monoisotopic (exact) mass is 486 g/mol. The summed E-state index contributed by atoms with van der Waals surface area (Å²) in [6.45, 7) is 5.96. The number of aromatic nitrogens is 1. The molecule has 0 aliphatic carbocycles. The number of carboxylic acid groups (broad SMARTS) is 1. The fourth-order valence-corrected chi connectivity index (χ4v) is 5.23. The number of aryl methyl sites for hydroxylation is 2. The predicted molar refractivity (Wildman–Crippen MR) is 141 cm³/mol. The van der Waals surface area contributed by atoms with Gasteiger partial charge in [-0.3, -0.25) is 14.7 Å². The van der Waals surface area contributed by atoms with Gasteiger partial charge in [0.2, 0.25) is 0 Å². The summed E-state index contributed by atoms with van der Waals surface area (Å²) in [5.41, 5.74) is 4.96. The van der Waals surface area contributed by atoms with Crippen LogP contribution in [-0.2, 0) is 4.79 Å². The molecule has 3 atom stereocenters. The molecule has 1 aromatic heterocycles. The van der Waals surface area contributed by atoms with E-state index in [1.165, 1.54) is 11.1 Å². The minimum atomic E-state index is -0.777. The standard InChI is InChI=1S/C30H34N2O4/c1-20-15-21(2)17-22(16-20)5-4-13-32-14-11-23(27(19-32)30(34)35)6-9-29(33)25-10-12-31-28-8-7-24(36-3)18-26(25)28/h7-8,10,12,15-18,23,27,29,33H,6,9,11,13-14,19H2,1-3H3,(H,34,35)/t23-,27+,29+/m1/s1. The zero-order valence-electron chi connectivity index (χ0n) is 21.2. The highest BCUT2D eigenvalue weighted by atomic mass is 16.5. The lowest BCUT2D eigenvalue weighted by molar-refractivity contribution is -0.146. The van der Waals surface area contributed by atoms with Crippen LogP contribution in [0.2, 0.25) is 0 Å². The van der Waals surface area contributed by atoms with Crippen molar-refractivity contribution in [1.29, 1.82) is 0 Å². The van der Waals surface area contributed by atoms with E-state index in [0.717, 1.165) is 35.0 Å². The SMILES string of the molecule is COc1ccc2nccc([C@@H](O)CC[C@@H]3CCN(CC#Cc4cc(C)cc(C)c4)C[C@@H]3C(=O)O)c2c1. The molecule has 1 fully saturated rings. The lowest BCUT2D eigenvalue weighted by Crippen LogP contribution is -2.44.